The molecule has 0 radical (unpaired) electrons. The molecule has 2 rings (SSSR count). The van der Waals surface area contributed by atoms with Gasteiger partial charge in [0.15, 0.2) is 18.1 Å². The van der Waals surface area contributed by atoms with E-state index in [0.29, 0.717) is 24.0 Å². The lowest BCUT2D eigenvalue weighted by Gasteiger charge is -2.17. The van der Waals surface area contributed by atoms with E-state index in [0.717, 1.165) is 23.2 Å². The molecule has 0 aliphatic heterocycles. The number of hydrogen-bond donors (Lipinski definition) is 1. The van der Waals surface area contributed by atoms with Crippen LogP contribution < -0.4 is 14.8 Å². The normalized spacial score (nSPS) is 10.6. The molecule has 0 spiro atoms. The van der Waals surface area contributed by atoms with Gasteiger partial charge in [0.1, 0.15) is 0 Å². The molecule has 134 valence electrons. The van der Waals surface area contributed by atoms with E-state index in [2.05, 4.69) is 19.2 Å². The van der Waals surface area contributed by atoms with Gasteiger partial charge in [0.2, 0.25) is 0 Å². The van der Waals surface area contributed by atoms with Gasteiger partial charge in [-0.3, -0.25) is 4.79 Å². The van der Waals surface area contributed by atoms with E-state index in [-0.39, 0.29) is 12.5 Å². The number of amides is 1. The van der Waals surface area contributed by atoms with Crippen LogP contribution in [-0.4, -0.2) is 19.1 Å². The van der Waals surface area contributed by atoms with Crippen molar-refractivity contribution in [1.29, 1.82) is 0 Å². The molecule has 0 unspecified atom stereocenters. The predicted molar refractivity (Wildman–Crippen MR) is 102 cm³/mol. The van der Waals surface area contributed by atoms with E-state index in [9.17, 15) is 4.79 Å². The van der Waals surface area contributed by atoms with Gasteiger partial charge in [0.05, 0.1) is 6.61 Å². The average molecular weight is 341 g/mol. The summed E-state index contributed by atoms with van der Waals surface area (Å²) in [6.45, 7) is 8.83. The minimum atomic E-state index is -0.179. The predicted octanol–water partition coefficient (Wildman–Crippen LogP) is 4.92. The van der Waals surface area contributed by atoms with E-state index in [1.54, 1.807) is 0 Å². The van der Waals surface area contributed by atoms with Gasteiger partial charge in [-0.2, -0.15) is 0 Å². The molecular weight excluding hydrogens is 314 g/mol. The molecule has 25 heavy (non-hydrogen) atoms. The third-order valence-corrected chi connectivity index (χ3v) is 3.86. The number of hydrogen-bond acceptors (Lipinski definition) is 3. The number of carbonyl (C=O) groups is 1. The van der Waals surface area contributed by atoms with Crippen LogP contribution in [0.4, 0.5) is 5.69 Å². The first-order valence-electron chi connectivity index (χ1n) is 8.77. The molecule has 2 aromatic carbocycles. The highest BCUT2D eigenvalue weighted by Crippen LogP contribution is 2.28. The minimum absolute atomic E-state index is 0.0572. The summed E-state index contributed by atoms with van der Waals surface area (Å²) in [4.78, 5) is 12.4. The van der Waals surface area contributed by atoms with Crippen LogP contribution in [0.3, 0.4) is 0 Å². The Morgan fingerprint density at radius 1 is 1.04 bits per heavy atom. The molecule has 0 fully saturated rings. The number of para-hydroxylation sites is 3. The summed E-state index contributed by atoms with van der Waals surface area (Å²) < 4.78 is 11.3. The number of ether oxygens (including phenoxy) is 2. The summed E-state index contributed by atoms with van der Waals surface area (Å²) in [6.07, 6.45) is 0.917. The smallest absolute Gasteiger partial charge is 0.262 e. The van der Waals surface area contributed by atoms with Gasteiger partial charge in [-0.05, 0) is 42.5 Å². The van der Waals surface area contributed by atoms with Crippen LogP contribution >= 0.6 is 0 Å². The van der Waals surface area contributed by atoms with Gasteiger partial charge in [0.25, 0.3) is 5.91 Å². The van der Waals surface area contributed by atoms with E-state index in [1.807, 2.05) is 56.3 Å². The Labute approximate surface area is 150 Å². The number of anilines is 1. The number of aryl methyl sites for hydroxylation is 1. The highest BCUT2D eigenvalue weighted by molar-refractivity contribution is 5.93. The van der Waals surface area contributed by atoms with Gasteiger partial charge in [0, 0.05) is 5.69 Å². The molecular formula is C21H27NO3. The van der Waals surface area contributed by atoms with Crippen molar-refractivity contribution >= 4 is 11.6 Å². The average Bonchev–Trinajstić information content (AvgIpc) is 2.60. The molecule has 0 heterocycles. The van der Waals surface area contributed by atoms with Crippen molar-refractivity contribution in [2.45, 2.75) is 40.0 Å². The zero-order valence-electron chi connectivity index (χ0n) is 15.5. The Bertz CT molecular complexity index is 710. The van der Waals surface area contributed by atoms with Crippen molar-refractivity contribution < 1.29 is 14.3 Å². The van der Waals surface area contributed by atoms with Crippen LogP contribution in [0.5, 0.6) is 11.5 Å². The quantitative estimate of drug-likeness (QED) is 0.741. The summed E-state index contributed by atoms with van der Waals surface area (Å²) in [7, 11) is 0. The summed E-state index contributed by atoms with van der Waals surface area (Å²) in [5.74, 6) is 1.40. The minimum Gasteiger partial charge on any atom is -0.490 e. The SMILES string of the molecule is CCCOc1ccccc1OCC(=O)Nc1c(C)cccc1C(C)C. The van der Waals surface area contributed by atoms with Gasteiger partial charge in [-0.15, -0.1) is 0 Å². The van der Waals surface area contributed by atoms with Crippen LogP contribution in [0.25, 0.3) is 0 Å². The Hall–Kier alpha value is -2.49. The van der Waals surface area contributed by atoms with Crippen molar-refractivity contribution in [3.63, 3.8) is 0 Å². The molecule has 1 N–H and O–H groups in total. The lowest BCUT2D eigenvalue weighted by molar-refractivity contribution is -0.118. The molecule has 0 saturated carbocycles. The molecule has 0 saturated heterocycles. The number of carbonyl (C=O) groups excluding carboxylic acids is 1. The molecule has 2 aromatic rings. The first-order chi connectivity index (χ1) is 12.0. The maximum Gasteiger partial charge on any atom is 0.262 e. The maximum absolute atomic E-state index is 12.4. The highest BCUT2D eigenvalue weighted by Gasteiger charge is 2.13. The lowest BCUT2D eigenvalue weighted by atomic mass is 9.98. The van der Waals surface area contributed by atoms with Crippen LogP contribution in [0, 0.1) is 6.92 Å². The van der Waals surface area contributed by atoms with Gasteiger partial charge < -0.3 is 14.8 Å². The Morgan fingerprint density at radius 2 is 1.72 bits per heavy atom. The molecule has 1 amide bonds. The molecule has 0 bridgehead atoms. The summed E-state index contributed by atoms with van der Waals surface area (Å²) >= 11 is 0. The van der Waals surface area contributed by atoms with E-state index < -0.39 is 0 Å². The van der Waals surface area contributed by atoms with Crippen molar-refractivity contribution in [3.8, 4) is 11.5 Å². The topological polar surface area (TPSA) is 47.6 Å². The molecule has 0 atom stereocenters. The van der Waals surface area contributed by atoms with E-state index >= 15 is 0 Å². The van der Waals surface area contributed by atoms with Gasteiger partial charge >= 0.3 is 0 Å². The summed E-state index contributed by atoms with van der Waals surface area (Å²) in [5, 5.41) is 2.99. The third-order valence-electron chi connectivity index (χ3n) is 3.86. The molecule has 4 nitrogen and oxygen atoms in total. The van der Waals surface area contributed by atoms with Crippen LogP contribution in [0.2, 0.25) is 0 Å². The number of nitrogens with one attached hydrogen (secondary N) is 1. The largest absolute Gasteiger partial charge is 0.490 e. The van der Waals surface area contributed by atoms with Gasteiger partial charge in [-0.1, -0.05) is 51.1 Å². The maximum atomic E-state index is 12.4. The summed E-state index contributed by atoms with van der Waals surface area (Å²) in [6, 6.07) is 13.5. The molecule has 0 aromatic heterocycles. The zero-order chi connectivity index (χ0) is 18.2. The van der Waals surface area contributed by atoms with Crippen molar-refractivity contribution in [2.24, 2.45) is 0 Å². The van der Waals surface area contributed by atoms with Crippen LogP contribution in [-0.2, 0) is 4.79 Å². The van der Waals surface area contributed by atoms with E-state index in [1.165, 1.54) is 0 Å². The van der Waals surface area contributed by atoms with Crippen LogP contribution in [0.15, 0.2) is 42.5 Å². The second-order valence-electron chi connectivity index (χ2n) is 6.33. The fourth-order valence-electron chi connectivity index (χ4n) is 2.56. The molecule has 0 aliphatic carbocycles. The molecule has 4 heteroatoms. The molecule has 0 aliphatic rings. The van der Waals surface area contributed by atoms with Crippen molar-refractivity contribution in [3.05, 3.63) is 53.6 Å². The Kier molecular flexibility index (Phi) is 6.87. The van der Waals surface area contributed by atoms with Crippen molar-refractivity contribution in [2.75, 3.05) is 18.5 Å². The first-order valence-corrected chi connectivity index (χ1v) is 8.77. The number of benzene rings is 2. The standard InChI is InChI=1S/C21H27NO3/c1-5-13-24-18-11-6-7-12-19(18)25-14-20(23)22-21-16(4)9-8-10-17(21)15(2)3/h6-12,15H,5,13-14H2,1-4H3,(H,22,23). The Morgan fingerprint density at radius 3 is 2.36 bits per heavy atom. The second kappa shape index (κ2) is 9.11. The lowest BCUT2D eigenvalue weighted by Crippen LogP contribution is -2.22. The third kappa shape index (κ3) is 5.24. The monoisotopic (exact) mass is 341 g/mol. The fraction of sp³-hybridized carbons (Fsp3) is 0.381. The van der Waals surface area contributed by atoms with E-state index in [4.69, 9.17) is 9.47 Å². The first kappa shape index (κ1) is 18.8. The van der Waals surface area contributed by atoms with Crippen LogP contribution in [0.1, 0.15) is 44.2 Å². The highest BCUT2D eigenvalue weighted by atomic mass is 16.5. The second-order valence-corrected chi connectivity index (χ2v) is 6.33. The Balaban J connectivity index is 2.03. The summed E-state index contributed by atoms with van der Waals surface area (Å²) in [5.41, 5.74) is 3.05. The fourth-order valence-corrected chi connectivity index (χ4v) is 2.56. The zero-order valence-corrected chi connectivity index (χ0v) is 15.5. The number of rotatable bonds is 8. The van der Waals surface area contributed by atoms with Crippen molar-refractivity contribution in [1.82, 2.24) is 0 Å². The van der Waals surface area contributed by atoms with Gasteiger partial charge in [-0.25, -0.2) is 0 Å².